The minimum Gasteiger partial charge on any atom is -0.337 e. The normalized spacial score (nSPS) is 10.9. The Balaban J connectivity index is 3.71. The first kappa shape index (κ1) is 14.2. The highest BCUT2D eigenvalue weighted by molar-refractivity contribution is 5.73. The van der Waals surface area contributed by atoms with Gasteiger partial charge in [-0.1, -0.05) is 0 Å². The molecule has 0 rings (SSSR count). The third-order valence-corrected chi connectivity index (χ3v) is 2.67. The van der Waals surface area contributed by atoms with E-state index >= 15 is 0 Å². The molecule has 0 aromatic carbocycles. The molecular formula is C11H25N3O. The number of rotatable bonds is 6. The fraction of sp³-hybridized carbons (Fsp3) is 0.909. The Morgan fingerprint density at radius 2 is 1.80 bits per heavy atom. The van der Waals surface area contributed by atoms with Gasteiger partial charge in [-0.15, -0.1) is 0 Å². The zero-order valence-electron chi connectivity index (χ0n) is 10.7. The summed E-state index contributed by atoms with van der Waals surface area (Å²) in [4.78, 5) is 15.6. The number of nitrogens with zero attached hydrogens (tertiary/aromatic N) is 2. The van der Waals surface area contributed by atoms with Gasteiger partial charge in [0.15, 0.2) is 0 Å². The summed E-state index contributed by atoms with van der Waals surface area (Å²) in [6, 6.07) is 0.563. The second kappa shape index (κ2) is 7.51. The van der Waals surface area contributed by atoms with E-state index in [1.165, 1.54) is 0 Å². The largest absolute Gasteiger partial charge is 0.337 e. The zero-order valence-corrected chi connectivity index (χ0v) is 10.7. The maximum Gasteiger partial charge on any atom is 0.317 e. The molecule has 0 aliphatic heterocycles. The number of likely N-dealkylation sites (N-methyl/N-ethyl adjacent to an activating group) is 1. The lowest BCUT2D eigenvalue weighted by Crippen LogP contribution is -2.43. The summed E-state index contributed by atoms with van der Waals surface area (Å²) in [5.74, 6) is 0. The molecular weight excluding hydrogens is 190 g/mol. The van der Waals surface area contributed by atoms with E-state index in [1.54, 1.807) is 4.90 Å². The van der Waals surface area contributed by atoms with Gasteiger partial charge in [0.25, 0.3) is 0 Å². The van der Waals surface area contributed by atoms with Crippen LogP contribution in [-0.2, 0) is 0 Å². The maximum absolute atomic E-state index is 11.6. The molecule has 4 nitrogen and oxygen atoms in total. The van der Waals surface area contributed by atoms with Gasteiger partial charge in [-0.2, -0.15) is 0 Å². The van der Waals surface area contributed by atoms with E-state index in [-0.39, 0.29) is 6.03 Å². The lowest BCUT2D eigenvalue weighted by molar-refractivity contribution is 0.199. The van der Waals surface area contributed by atoms with Crippen LogP contribution in [0.15, 0.2) is 0 Å². The number of hydrogen-bond donors (Lipinski definition) is 1. The standard InChI is InChI=1S/C11H25N3O/c1-6-14(7-2)11(15)12-8-9-13(5)10(3)4/h10H,6-9H2,1-5H3,(H,12,15). The zero-order chi connectivity index (χ0) is 11.8. The van der Waals surface area contributed by atoms with Gasteiger partial charge < -0.3 is 15.1 Å². The number of carbonyl (C=O) groups excluding carboxylic acids is 1. The van der Waals surface area contributed by atoms with Crippen molar-refractivity contribution in [3.8, 4) is 0 Å². The van der Waals surface area contributed by atoms with Crippen LogP contribution in [0.3, 0.4) is 0 Å². The van der Waals surface area contributed by atoms with Gasteiger partial charge in [0, 0.05) is 32.2 Å². The Hall–Kier alpha value is -0.770. The molecule has 0 aromatic heterocycles. The molecule has 0 unspecified atom stereocenters. The first-order valence-corrected chi connectivity index (χ1v) is 5.75. The van der Waals surface area contributed by atoms with Crippen molar-refractivity contribution in [2.45, 2.75) is 33.7 Å². The summed E-state index contributed by atoms with van der Waals surface area (Å²) < 4.78 is 0. The minimum atomic E-state index is 0.0390. The molecule has 4 heteroatoms. The van der Waals surface area contributed by atoms with E-state index in [0.717, 1.165) is 19.6 Å². The quantitative estimate of drug-likeness (QED) is 0.726. The average molecular weight is 215 g/mol. The lowest BCUT2D eigenvalue weighted by atomic mass is 10.3. The molecule has 0 fully saturated rings. The summed E-state index contributed by atoms with van der Waals surface area (Å²) in [5.41, 5.74) is 0. The molecule has 0 aliphatic carbocycles. The van der Waals surface area contributed by atoms with Crippen molar-refractivity contribution in [2.24, 2.45) is 0 Å². The van der Waals surface area contributed by atoms with Crippen LogP contribution in [0, 0.1) is 0 Å². The predicted molar refractivity (Wildman–Crippen MR) is 64.1 cm³/mol. The van der Waals surface area contributed by atoms with Crippen molar-refractivity contribution < 1.29 is 4.79 Å². The molecule has 15 heavy (non-hydrogen) atoms. The monoisotopic (exact) mass is 215 g/mol. The van der Waals surface area contributed by atoms with Crippen LogP contribution < -0.4 is 5.32 Å². The molecule has 90 valence electrons. The Morgan fingerprint density at radius 1 is 1.27 bits per heavy atom. The highest BCUT2D eigenvalue weighted by Crippen LogP contribution is 1.92. The smallest absolute Gasteiger partial charge is 0.317 e. The van der Waals surface area contributed by atoms with E-state index in [0.29, 0.717) is 12.6 Å². The van der Waals surface area contributed by atoms with E-state index in [2.05, 4.69) is 31.1 Å². The lowest BCUT2D eigenvalue weighted by Gasteiger charge is -2.23. The molecule has 0 atom stereocenters. The van der Waals surface area contributed by atoms with E-state index in [1.807, 2.05) is 13.8 Å². The summed E-state index contributed by atoms with van der Waals surface area (Å²) in [7, 11) is 2.06. The van der Waals surface area contributed by atoms with Crippen LogP contribution in [0.2, 0.25) is 0 Å². The number of carbonyl (C=O) groups is 1. The summed E-state index contributed by atoms with van der Waals surface area (Å²) >= 11 is 0. The number of hydrogen-bond acceptors (Lipinski definition) is 2. The Bertz CT molecular complexity index is 179. The number of urea groups is 1. The SMILES string of the molecule is CCN(CC)C(=O)NCCN(C)C(C)C. The van der Waals surface area contributed by atoms with E-state index in [4.69, 9.17) is 0 Å². The predicted octanol–water partition coefficient (Wildman–Crippen LogP) is 1.38. The molecule has 0 spiro atoms. The van der Waals surface area contributed by atoms with Gasteiger partial charge in [-0.3, -0.25) is 0 Å². The van der Waals surface area contributed by atoms with Gasteiger partial charge in [0.2, 0.25) is 0 Å². The number of nitrogens with one attached hydrogen (secondary N) is 1. The van der Waals surface area contributed by atoms with Gasteiger partial charge in [-0.05, 0) is 34.7 Å². The van der Waals surface area contributed by atoms with Gasteiger partial charge in [-0.25, -0.2) is 4.79 Å². The molecule has 0 radical (unpaired) electrons. The highest BCUT2D eigenvalue weighted by atomic mass is 16.2. The number of amides is 2. The second-order valence-corrected chi connectivity index (χ2v) is 3.98. The molecule has 0 bridgehead atoms. The van der Waals surface area contributed by atoms with Crippen LogP contribution in [0.4, 0.5) is 4.79 Å². The van der Waals surface area contributed by atoms with Crippen LogP contribution >= 0.6 is 0 Å². The van der Waals surface area contributed by atoms with Crippen molar-refractivity contribution in [3.63, 3.8) is 0 Å². The van der Waals surface area contributed by atoms with Crippen LogP contribution in [-0.4, -0.2) is 55.1 Å². The fourth-order valence-electron chi connectivity index (χ4n) is 1.22. The van der Waals surface area contributed by atoms with Crippen LogP contribution in [0.25, 0.3) is 0 Å². The van der Waals surface area contributed by atoms with Gasteiger partial charge in [0.05, 0.1) is 0 Å². The third-order valence-electron chi connectivity index (χ3n) is 2.67. The topological polar surface area (TPSA) is 35.6 Å². The third kappa shape index (κ3) is 5.62. The summed E-state index contributed by atoms with van der Waals surface area (Å²) in [6.07, 6.45) is 0. The second-order valence-electron chi connectivity index (χ2n) is 3.98. The minimum absolute atomic E-state index is 0.0390. The molecule has 1 N–H and O–H groups in total. The molecule has 0 heterocycles. The Morgan fingerprint density at radius 3 is 2.20 bits per heavy atom. The van der Waals surface area contributed by atoms with Crippen LogP contribution in [0.5, 0.6) is 0 Å². The van der Waals surface area contributed by atoms with E-state index in [9.17, 15) is 4.79 Å². The van der Waals surface area contributed by atoms with Crippen molar-refractivity contribution in [2.75, 3.05) is 33.2 Å². The first-order chi connectivity index (χ1) is 7.02. The van der Waals surface area contributed by atoms with E-state index < -0.39 is 0 Å². The summed E-state index contributed by atoms with van der Waals surface area (Å²) in [6.45, 7) is 11.4. The van der Waals surface area contributed by atoms with Gasteiger partial charge in [0.1, 0.15) is 0 Å². The molecule has 0 saturated carbocycles. The molecule has 0 aromatic rings. The first-order valence-electron chi connectivity index (χ1n) is 5.75. The maximum atomic E-state index is 11.6. The Kier molecular flexibility index (Phi) is 7.13. The molecule has 0 aliphatic rings. The van der Waals surface area contributed by atoms with Crippen molar-refractivity contribution in [3.05, 3.63) is 0 Å². The van der Waals surface area contributed by atoms with Crippen LogP contribution in [0.1, 0.15) is 27.7 Å². The summed E-state index contributed by atoms with van der Waals surface area (Å²) in [5, 5.41) is 2.92. The average Bonchev–Trinajstić information content (AvgIpc) is 2.19. The molecule has 2 amide bonds. The van der Waals surface area contributed by atoms with Crippen molar-refractivity contribution in [1.29, 1.82) is 0 Å². The van der Waals surface area contributed by atoms with Gasteiger partial charge >= 0.3 is 6.03 Å². The molecule has 0 saturated heterocycles. The fourth-order valence-corrected chi connectivity index (χ4v) is 1.22. The van der Waals surface area contributed by atoms with Crippen molar-refractivity contribution in [1.82, 2.24) is 15.1 Å². The highest BCUT2D eigenvalue weighted by Gasteiger charge is 2.08. The Labute approximate surface area is 93.6 Å². The van der Waals surface area contributed by atoms with Crippen molar-refractivity contribution >= 4 is 6.03 Å².